The fourth-order valence-corrected chi connectivity index (χ4v) is 9.31. The van der Waals surface area contributed by atoms with Gasteiger partial charge in [-0.05, 0) is 57.8 Å². The van der Waals surface area contributed by atoms with Crippen molar-refractivity contribution in [2.45, 2.75) is 320 Å². The average Bonchev–Trinajstić information content (AvgIpc) is 3.36. The molecule has 0 radical (unpaired) electrons. The molecule has 1 saturated heterocycles. The molecule has 0 bridgehead atoms. The molecule has 6 N–H and O–H groups in total. The molecule has 0 spiro atoms. The van der Waals surface area contributed by atoms with Crippen molar-refractivity contribution in [1.29, 1.82) is 0 Å². The molecule has 1 rings (SSSR count). The monoisotopic (exact) mass is 994 g/mol. The molecule has 11 nitrogen and oxygen atoms in total. The van der Waals surface area contributed by atoms with Crippen molar-refractivity contribution < 1.29 is 49.3 Å². The number of carbonyl (C=O) groups excluding carboxylic acids is 2. The fourth-order valence-electron chi connectivity index (χ4n) is 9.31. The normalized spacial score (nSPS) is 19.3. The van der Waals surface area contributed by atoms with Crippen molar-refractivity contribution in [3.05, 3.63) is 24.3 Å². The smallest absolute Gasteiger partial charge is 0.305 e. The van der Waals surface area contributed by atoms with Crippen LogP contribution in [0.3, 0.4) is 0 Å². The predicted molar refractivity (Wildman–Crippen MR) is 288 cm³/mol. The SMILES string of the molecule is CCCCCCCCC/C=C/C(O)C(COC1OC(CO)C(O)C(O)C1O)NC(=O)CCCCCCC/C=C\CCCCCCCCCOC(=O)CCCCCCCCCCCCCCCCCCC. The summed E-state index contributed by atoms with van der Waals surface area (Å²) in [6, 6.07) is -0.820. The van der Waals surface area contributed by atoms with E-state index in [1.54, 1.807) is 6.08 Å². The van der Waals surface area contributed by atoms with Gasteiger partial charge >= 0.3 is 5.97 Å². The summed E-state index contributed by atoms with van der Waals surface area (Å²) < 4.78 is 16.7. The lowest BCUT2D eigenvalue weighted by Gasteiger charge is -2.40. The Kier molecular flexibility index (Phi) is 46.6. The Morgan fingerprint density at radius 3 is 1.37 bits per heavy atom. The predicted octanol–water partition coefficient (Wildman–Crippen LogP) is 13.3. The first-order valence-electron chi connectivity index (χ1n) is 29.6. The number of carbonyl (C=O) groups is 2. The number of hydrogen-bond donors (Lipinski definition) is 6. The van der Waals surface area contributed by atoms with Gasteiger partial charge in [0.05, 0.1) is 32.0 Å². The Balaban J connectivity index is 2.04. The molecule has 1 amide bonds. The summed E-state index contributed by atoms with van der Waals surface area (Å²) in [5, 5.41) is 54.1. The van der Waals surface area contributed by atoms with Crippen molar-refractivity contribution in [1.82, 2.24) is 5.32 Å². The van der Waals surface area contributed by atoms with Crippen molar-refractivity contribution >= 4 is 11.9 Å². The van der Waals surface area contributed by atoms with E-state index in [-0.39, 0.29) is 18.5 Å². The van der Waals surface area contributed by atoms with Gasteiger partial charge in [-0.25, -0.2) is 0 Å². The number of aliphatic hydroxyl groups is 5. The Labute approximate surface area is 429 Å². The summed E-state index contributed by atoms with van der Waals surface area (Å²) >= 11 is 0. The second-order valence-electron chi connectivity index (χ2n) is 20.7. The molecule has 0 saturated carbocycles. The summed E-state index contributed by atoms with van der Waals surface area (Å²) in [7, 11) is 0. The van der Waals surface area contributed by atoms with Gasteiger partial charge in [0.15, 0.2) is 6.29 Å². The third-order valence-electron chi connectivity index (χ3n) is 14.1. The van der Waals surface area contributed by atoms with Crippen LogP contribution in [0.4, 0.5) is 0 Å². The van der Waals surface area contributed by atoms with Crippen LogP contribution in [-0.2, 0) is 23.8 Å². The Morgan fingerprint density at radius 1 is 0.514 bits per heavy atom. The number of unbranched alkanes of at least 4 members (excludes halogenated alkanes) is 35. The number of amides is 1. The molecule has 70 heavy (non-hydrogen) atoms. The van der Waals surface area contributed by atoms with E-state index in [2.05, 4.69) is 31.3 Å². The number of nitrogens with one attached hydrogen (secondary N) is 1. The van der Waals surface area contributed by atoms with E-state index in [0.29, 0.717) is 19.4 Å². The standard InChI is InChI=1S/C59H111NO10/c1-3-5-7-9-11-13-14-15-16-17-21-24-27-31-35-39-43-47-55(64)68-48-44-40-36-32-28-25-22-19-18-20-23-26-30-34-38-42-46-54(63)60-51(52(62)45-41-37-33-29-12-10-8-6-4-2)50-69-59-58(67)57(66)56(65)53(49-61)70-59/h18,20,41,45,51-53,56-59,61-62,65-67H,3-17,19,21-40,42-44,46-50H2,1-2H3,(H,60,63)/b20-18-,45-41+. The van der Waals surface area contributed by atoms with Crippen LogP contribution in [0, 0.1) is 0 Å². The third-order valence-corrected chi connectivity index (χ3v) is 14.1. The van der Waals surface area contributed by atoms with Gasteiger partial charge in [0.1, 0.15) is 24.4 Å². The van der Waals surface area contributed by atoms with Crippen LogP contribution in [0.15, 0.2) is 24.3 Å². The van der Waals surface area contributed by atoms with Crippen LogP contribution in [0.25, 0.3) is 0 Å². The number of rotatable bonds is 51. The van der Waals surface area contributed by atoms with Crippen LogP contribution in [0.2, 0.25) is 0 Å². The van der Waals surface area contributed by atoms with E-state index in [0.717, 1.165) is 89.9 Å². The molecule has 7 unspecified atom stereocenters. The van der Waals surface area contributed by atoms with Crippen molar-refractivity contribution in [3.8, 4) is 0 Å². The second kappa shape index (κ2) is 49.4. The molecule has 0 aromatic rings. The lowest BCUT2D eigenvalue weighted by molar-refractivity contribution is -0.302. The van der Waals surface area contributed by atoms with Gasteiger partial charge in [-0.3, -0.25) is 9.59 Å². The number of ether oxygens (including phenoxy) is 3. The molecule has 1 fully saturated rings. The van der Waals surface area contributed by atoms with Crippen LogP contribution >= 0.6 is 0 Å². The van der Waals surface area contributed by atoms with E-state index >= 15 is 0 Å². The highest BCUT2D eigenvalue weighted by Crippen LogP contribution is 2.23. The van der Waals surface area contributed by atoms with Gasteiger partial charge in [0, 0.05) is 12.8 Å². The molecule has 0 aromatic carbocycles. The zero-order chi connectivity index (χ0) is 51.0. The van der Waals surface area contributed by atoms with Crippen LogP contribution in [0.5, 0.6) is 0 Å². The maximum Gasteiger partial charge on any atom is 0.305 e. The number of hydrogen-bond acceptors (Lipinski definition) is 10. The van der Waals surface area contributed by atoms with Crippen molar-refractivity contribution in [2.24, 2.45) is 0 Å². The highest BCUT2D eigenvalue weighted by atomic mass is 16.7. The highest BCUT2D eigenvalue weighted by Gasteiger charge is 2.44. The van der Waals surface area contributed by atoms with Crippen LogP contribution < -0.4 is 5.32 Å². The fraction of sp³-hybridized carbons (Fsp3) is 0.898. The van der Waals surface area contributed by atoms with Gasteiger partial charge in [0.2, 0.25) is 5.91 Å². The number of aliphatic hydroxyl groups excluding tert-OH is 5. The molecular weight excluding hydrogens is 883 g/mol. The average molecular weight is 995 g/mol. The molecule has 1 aliphatic rings. The Hall–Kier alpha value is -1.86. The molecule has 11 heteroatoms. The molecule has 1 heterocycles. The summed E-state index contributed by atoms with van der Waals surface area (Å²) in [5.41, 5.74) is 0. The van der Waals surface area contributed by atoms with Crippen LogP contribution in [0.1, 0.15) is 277 Å². The minimum Gasteiger partial charge on any atom is -0.466 e. The van der Waals surface area contributed by atoms with Crippen molar-refractivity contribution in [2.75, 3.05) is 19.8 Å². The zero-order valence-electron chi connectivity index (χ0n) is 45.2. The molecule has 7 atom stereocenters. The zero-order valence-corrected chi connectivity index (χ0v) is 45.2. The van der Waals surface area contributed by atoms with Gasteiger partial charge in [-0.15, -0.1) is 0 Å². The number of allylic oxidation sites excluding steroid dienone is 3. The minimum atomic E-state index is -1.58. The molecule has 0 aromatic heterocycles. The van der Waals surface area contributed by atoms with E-state index in [1.807, 2.05) is 6.08 Å². The lowest BCUT2D eigenvalue weighted by Crippen LogP contribution is -2.60. The second-order valence-corrected chi connectivity index (χ2v) is 20.7. The third kappa shape index (κ3) is 38.7. The maximum atomic E-state index is 13.0. The van der Waals surface area contributed by atoms with Gasteiger partial charge in [0.25, 0.3) is 0 Å². The highest BCUT2D eigenvalue weighted by molar-refractivity contribution is 5.76. The summed E-state index contributed by atoms with van der Waals surface area (Å²) in [6.45, 7) is 4.29. The van der Waals surface area contributed by atoms with Gasteiger partial charge < -0.3 is 45.1 Å². The molecule has 0 aliphatic carbocycles. The largest absolute Gasteiger partial charge is 0.466 e. The van der Waals surface area contributed by atoms with Gasteiger partial charge in [-0.2, -0.15) is 0 Å². The Bertz CT molecular complexity index is 1220. The maximum absolute atomic E-state index is 13.0. The molecule has 412 valence electrons. The topological polar surface area (TPSA) is 175 Å². The van der Waals surface area contributed by atoms with E-state index in [1.165, 1.54) is 161 Å². The summed E-state index contributed by atoms with van der Waals surface area (Å²) in [5.74, 6) is -0.218. The van der Waals surface area contributed by atoms with E-state index < -0.39 is 49.5 Å². The van der Waals surface area contributed by atoms with E-state index in [4.69, 9.17) is 14.2 Å². The minimum absolute atomic E-state index is 0.0170. The first kappa shape index (κ1) is 66.2. The Morgan fingerprint density at radius 2 is 0.914 bits per heavy atom. The molecule has 1 aliphatic heterocycles. The molecular formula is C59H111NO10. The van der Waals surface area contributed by atoms with E-state index in [9.17, 15) is 35.1 Å². The van der Waals surface area contributed by atoms with Crippen molar-refractivity contribution in [3.63, 3.8) is 0 Å². The first-order valence-corrected chi connectivity index (χ1v) is 29.6. The van der Waals surface area contributed by atoms with Crippen LogP contribution in [-0.4, -0.2) is 100 Å². The quantitative estimate of drug-likeness (QED) is 0.0195. The van der Waals surface area contributed by atoms with Gasteiger partial charge in [-0.1, -0.05) is 231 Å². The summed E-state index contributed by atoms with van der Waals surface area (Å²) in [4.78, 5) is 25.1. The first-order chi connectivity index (χ1) is 34.2. The number of esters is 1. The summed E-state index contributed by atoms with van der Waals surface area (Å²) in [6.07, 6.45) is 48.5. The lowest BCUT2D eigenvalue weighted by atomic mass is 9.99.